The Morgan fingerprint density at radius 3 is 2.00 bits per heavy atom. The highest BCUT2D eigenvalue weighted by Crippen LogP contribution is 2.21. The Morgan fingerprint density at radius 2 is 1.40 bits per heavy atom. The second kappa shape index (κ2) is 21.3. The lowest BCUT2D eigenvalue weighted by atomic mass is 9.87. The molecule has 0 aliphatic carbocycles. The van der Waals surface area contributed by atoms with Gasteiger partial charge in [0, 0.05) is 19.8 Å². The fourth-order valence-corrected chi connectivity index (χ4v) is 4.57. The van der Waals surface area contributed by atoms with Gasteiger partial charge in [0.1, 0.15) is 5.78 Å². The number of Topliss-reactive ketones (excluding diaryl/α,β-unsaturated/α-hetero) is 1. The maximum Gasteiger partial charge on any atom is 0.337 e. The number of hydrogen-bond acceptors (Lipinski definition) is 4. The number of carboxylic acid groups (broad SMARTS) is 1. The number of unbranched alkanes of at least 4 members (excludes halogenated alkanes) is 10. The topological polar surface area (TPSA) is 104 Å². The summed E-state index contributed by atoms with van der Waals surface area (Å²) in [5.74, 6) is -3.42. The Bertz CT molecular complexity index is 875. The number of benzene rings is 1. The molecule has 0 aromatic heterocycles. The molecule has 1 aromatic carbocycles. The molecule has 0 saturated carbocycles. The summed E-state index contributed by atoms with van der Waals surface area (Å²) in [7, 11) is 0. The van der Waals surface area contributed by atoms with Crippen LogP contribution in [0.15, 0.2) is 36.4 Å². The van der Waals surface area contributed by atoms with E-state index < -0.39 is 23.4 Å². The summed E-state index contributed by atoms with van der Waals surface area (Å²) in [4.78, 5) is 36.3. The van der Waals surface area contributed by atoms with Crippen molar-refractivity contribution in [2.24, 2.45) is 5.92 Å². The Kier molecular flexibility index (Phi) is 18.9. The lowest BCUT2D eigenvalue weighted by Crippen LogP contribution is -2.49. The van der Waals surface area contributed by atoms with Crippen molar-refractivity contribution in [1.29, 1.82) is 0 Å². The Hall–Kier alpha value is -2.47. The van der Waals surface area contributed by atoms with E-state index in [1.165, 1.54) is 50.2 Å². The maximum atomic E-state index is 12.8. The van der Waals surface area contributed by atoms with Crippen LogP contribution >= 0.6 is 0 Å². The first-order valence-corrected chi connectivity index (χ1v) is 15.3. The monoisotopic (exact) mass is 554 g/mol. The number of carbonyl (C=O) groups is 3. The highest BCUT2D eigenvalue weighted by atomic mass is 16.4. The van der Waals surface area contributed by atoms with E-state index in [1.807, 2.05) is 12.1 Å². The Morgan fingerprint density at radius 1 is 0.850 bits per heavy atom. The molecule has 0 fully saturated rings. The van der Waals surface area contributed by atoms with E-state index in [0.717, 1.165) is 50.5 Å². The molecular formula is C34H52NO5. The van der Waals surface area contributed by atoms with Gasteiger partial charge < -0.3 is 15.5 Å². The normalized spacial score (nSPS) is 13.7. The van der Waals surface area contributed by atoms with Gasteiger partial charge in [0.15, 0.2) is 5.60 Å². The van der Waals surface area contributed by atoms with Gasteiger partial charge in [0.2, 0.25) is 5.91 Å². The van der Waals surface area contributed by atoms with Crippen molar-refractivity contribution < 1.29 is 24.6 Å². The van der Waals surface area contributed by atoms with Gasteiger partial charge in [-0.2, -0.15) is 0 Å². The molecule has 0 heterocycles. The molecule has 3 N–H and O–H groups in total. The van der Waals surface area contributed by atoms with E-state index in [-0.39, 0.29) is 0 Å². The first-order chi connectivity index (χ1) is 19.2. The molecule has 1 amide bonds. The molecule has 1 aromatic rings. The summed E-state index contributed by atoms with van der Waals surface area (Å²) < 4.78 is 0. The minimum Gasteiger partial charge on any atom is -0.479 e. The summed E-state index contributed by atoms with van der Waals surface area (Å²) in [6.07, 6.45) is 19.5. The number of hydrogen-bond donors (Lipinski definition) is 3. The molecular weight excluding hydrogens is 502 g/mol. The quantitative estimate of drug-likeness (QED) is 0.0925. The zero-order valence-corrected chi connectivity index (χ0v) is 24.8. The summed E-state index contributed by atoms with van der Waals surface area (Å²) in [6, 6.07) is 8.20. The average Bonchev–Trinajstić information content (AvgIpc) is 2.92. The summed E-state index contributed by atoms with van der Waals surface area (Å²) in [5, 5.41) is 22.3. The van der Waals surface area contributed by atoms with Crippen molar-refractivity contribution >= 4 is 17.7 Å². The van der Waals surface area contributed by atoms with Gasteiger partial charge in [-0.3, -0.25) is 9.59 Å². The van der Waals surface area contributed by atoms with Crippen molar-refractivity contribution in [3.05, 3.63) is 61.0 Å². The van der Waals surface area contributed by atoms with E-state index in [1.54, 1.807) is 12.6 Å². The van der Waals surface area contributed by atoms with Crippen molar-refractivity contribution in [1.82, 2.24) is 5.32 Å². The van der Waals surface area contributed by atoms with Crippen LogP contribution < -0.4 is 5.32 Å². The fraction of sp³-hybridized carbons (Fsp3) is 0.618. The molecule has 2 atom stereocenters. The van der Waals surface area contributed by atoms with Gasteiger partial charge in [0.25, 0.3) is 0 Å². The summed E-state index contributed by atoms with van der Waals surface area (Å²) >= 11 is 0. The van der Waals surface area contributed by atoms with Crippen LogP contribution in [0.4, 0.5) is 0 Å². The van der Waals surface area contributed by atoms with Gasteiger partial charge in [-0.1, -0.05) is 102 Å². The van der Waals surface area contributed by atoms with E-state index in [4.69, 9.17) is 6.92 Å². The number of allylic oxidation sites excluding steroid dienone is 1. The largest absolute Gasteiger partial charge is 0.479 e. The number of carboxylic acids is 1. The van der Waals surface area contributed by atoms with E-state index >= 15 is 0 Å². The number of rotatable bonds is 24. The van der Waals surface area contributed by atoms with Crippen molar-refractivity contribution in [3.8, 4) is 0 Å². The lowest BCUT2D eigenvalue weighted by molar-refractivity contribution is -0.160. The van der Waals surface area contributed by atoms with Crippen LogP contribution in [0.5, 0.6) is 0 Å². The van der Waals surface area contributed by atoms with Gasteiger partial charge >= 0.3 is 5.97 Å². The number of amides is 1. The maximum absolute atomic E-state index is 12.8. The number of aliphatic carboxylic acids is 1. The number of carbonyl (C=O) groups excluding carboxylic acids is 2. The van der Waals surface area contributed by atoms with E-state index in [0.29, 0.717) is 31.5 Å². The lowest BCUT2D eigenvalue weighted by Gasteiger charge is -2.25. The molecule has 0 bridgehead atoms. The molecule has 6 heteroatoms. The molecule has 0 aliphatic heterocycles. The molecule has 1 rings (SSSR count). The molecule has 0 spiro atoms. The van der Waals surface area contributed by atoms with E-state index in [9.17, 15) is 24.6 Å². The minimum atomic E-state index is -2.72. The Labute approximate surface area is 243 Å². The Balaban J connectivity index is 2.40. The van der Waals surface area contributed by atoms with Crippen molar-refractivity contribution in [3.63, 3.8) is 0 Å². The number of nitrogens with one attached hydrogen (secondary N) is 1. The van der Waals surface area contributed by atoms with Crippen LogP contribution in [-0.2, 0) is 27.2 Å². The van der Waals surface area contributed by atoms with Gasteiger partial charge in [0.05, 0.1) is 12.5 Å². The highest BCUT2D eigenvalue weighted by molar-refractivity contribution is 5.91. The van der Waals surface area contributed by atoms with Gasteiger partial charge in [-0.05, 0) is 56.1 Å². The van der Waals surface area contributed by atoms with Gasteiger partial charge in [-0.15, -0.1) is 0 Å². The molecule has 223 valence electrons. The first kappa shape index (κ1) is 35.6. The highest BCUT2D eigenvalue weighted by Gasteiger charge is 2.42. The zero-order valence-electron chi connectivity index (χ0n) is 24.8. The van der Waals surface area contributed by atoms with Crippen LogP contribution in [0.3, 0.4) is 0 Å². The molecule has 0 aliphatic rings. The number of aryl methyl sites for hydroxylation is 1. The van der Waals surface area contributed by atoms with Crippen LogP contribution in [0.2, 0.25) is 0 Å². The third-order valence-electron chi connectivity index (χ3n) is 7.24. The number of ketones is 1. The molecule has 3 radical (unpaired) electrons. The SMILES string of the molecule is [CH][C@@](O)(C(=O)O)[C@H](/C=C/CCCCCCC(=O)CCCCCCC)C(=O)N[CH]Cc1ccc(CCCCC)cc1. The zero-order chi connectivity index (χ0) is 29.6. The number of aliphatic hydroxyl groups is 1. The smallest absolute Gasteiger partial charge is 0.337 e. The standard InChI is InChI=1S/C34H52NO5/c1-4-6-8-11-15-19-30(36)20-16-12-9-10-13-17-21-31(34(3,40)33(38)39)32(37)35-27-26-29-24-22-28(23-25-29)18-14-7-5-2/h3,17,21-25,27,31,40H,4-16,18-20,26H2,1-2H3,(H,35,37)(H,38,39)/b21-17+/t31-,34+/m1/s1. The van der Waals surface area contributed by atoms with Crippen LogP contribution in [0, 0.1) is 19.4 Å². The fourth-order valence-electron chi connectivity index (χ4n) is 4.57. The molecule has 0 saturated heterocycles. The third-order valence-corrected chi connectivity index (χ3v) is 7.24. The van der Waals surface area contributed by atoms with Crippen molar-refractivity contribution in [2.75, 3.05) is 0 Å². The van der Waals surface area contributed by atoms with Crippen LogP contribution in [0.1, 0.15) is 121 Å². The first-order valence-electron chi connectivity index (χ1n) is 15.3. The van der Waals surface area contributed by atoms with Crippen LogP contribution in [-0.4, -0.2) is 33.5 Å². The van der Waals surface area contributed by atoms with Gasteiger partial charge in [-0.25, -0.2) is 4.79 Å². The summed E-state index contributed by atoms with van der Waals surface area (Å²) in [5.41, 5.74) is -0.421. The van der Waals surface area contributed by atoms with Crippen molar-refractivity contribution in [2.45, 2.75) is 129 Å². The second-order valence-electron chi connectivity index (χ2n) is 10.9. The molecule has 40 heavy (non-hydrogen) atoms. The van der Waals surface area contributed by atoms with Crippen LogP contribution in [0.25, 0.3) is 0 Å². The minimum absolute atomic E-state index is 0.345. The molecule has 0 unspecified atom stereocenters. The predicted octanol–water partition coefficient (Wildman–Crippen LogP) is 7.21. The van der Waals surface area contributed by atoms with E-state index in [2.05, 4.69) is 31.3 Å². The predicted molar refractivity (Wildman–Crippen MR) is 161 cm³/mol. The average molecular weight is 555 g/mol. The third kappa shape index (κ3) is 15.4. The summed E-state index contributed by atoms with van der Waals surface area (Å²) in [6.45, 7) is 11.5. The second-order valence-corrected chi connectivity index (χ2v) is 10.9. The molecule has 6 nitrogen and oxygen atoms in total.